The number of hydrogen-bond donors (Lipinski definition) is 1. The van der Waals surface area contributed by atoms with Crippen LogP contribution in [0.4, 0.5) is 5.13 Å². The fourth-order valence-corrected chi connectivity index (χ4v) is 3.05. The average molecular weight is 399 g/mol. The van der Waals surface area contributed by atoms with Gasteiger partial charge >= 0.3 is 5.97 Å². The molecule has 8 nitrogen and oxygen atoms in total. The first-order valence-electron chi connectivity index (χ1n) is 8.15. The Balaban J connectivity index is 1.61. The first-order chi connectivity index (χ1) is 13.6. The van der Waals surface area contributed by atoms with Gasteiger partial charge in [-0.3, -0.25) is 15.1 Å². The van der Waals surface area contributed by atoms with Crippen LogP contribution in [0, 0.1) is 0 Å². The van der Waals surface area contributed by atoms with Gasteiger partial charge in [0.1, 0.15) is 11.5 Å². The van der Waals surface area contributed by atoms with Gasteiger partial charge in [0.15, 0.2) is 11.7 Å². The van der Waals surface area contributed by atoms with Gasteiger partial charge in [-0.2, -0.15) is 0 Å². The maximum Gasteiger partial charge on any atom is 0.338 e. The lowest BCUT2D eigenvalue weighted by atomic mass is 10.1. The van der Waals surface area contributed by atoms with E-state index in [1.807, 2.05) is 6.07 Å². The lowest BCUT2D eigenvalue weighted by molar-refractivity contribution is -0.119. The molecule has 3 aromatic rings. The zero-order chi connectivity index (χ0) is 19.9. The number of hydrogen-bond acceptors (Lipinski definition) is 8. The number of thiazole rings is 1. The number of esters is 1. The van der Waals surface area contributed by atoms with Crippen LogP contribution in [0.2, 0.25) is 0 Å². The van der Waals surface area contributed by atoms with Gasteiger partial charge in [0.2, 0.25) is 0 Å². The Kier molecular flexibility index (Phi) is 6.18. The van der Waals surface area contributed by atoms with Crippen molar-refractivity contribution in [1.82, 2.24) is 9.97 Å². The van der Waals surface area contributed by atoms with Crippen molar-refractivity contribution < 1.29 is 23.8 Å². The molecular formula is C19H17N3O5S. The fourth-order valence-electron chi connectivity index (χ4n) is 2.32. The number of amides is 1. The lowest BCUT2D eigenvalue weighted by Crippen LogP contribution is -2.20. The van der Waals surface area contributed by atoms with E-state index in [0.29, 0.717) is 27.9 Å². The van der Waals surface area contributed by atoms with Crippen molar-refractivity contribution in [3.8, 4) is 22.8 Å². The highest BCUT2D eigenvalue weighted by molar-refractivity contribution is 7.14. The first kappa shape index (κ1) is 19.3. The maximum atomic E-state index is 12.0. The Morgan fingerprint density at radius 1 is 1.11 bits per heavy atom. The number of nitrogens with zero attached hydrogens (tertiary/aromatic N) is 2. The van der Waals surface area contributed by atoms with Crippen LogP contribution in [-0.4, -0.2) is 42.7 Å². The van der Waals surface area contributed by atoms with Gasteiger partial charge in [-0.05, 0) is 24.3 Å². The predicted octanol–water partition coefficient (Wildman–Crippen LogP) is 3.02. The second kappa shape index (κ2) is 8.96. The number of pyridine rings is 1. The van der Waals surface area contributed by atoms with E-state index in [0.717, 1.165) is 5.56 Å². The number of rotatable bonds is 7. The summed E-state index contributed by atoms with van der Waals surface area (Å²) in [6.07, 6.45) is 2.95. The molecule has 1 aromatic carbocycles. The van der Waals surface area contributed by atoms with Crippen LogP contribution in [0.25, 0.3) is 11.3 Å². The molecule has 0 bridgehead atoms. The van der Waals surface area contributed by atoms with Crippen LogP contribution in [0.5, 0.6) is 11.5 Å². The molecule has 2 aromatic heterocycles. The molecule has 144 valence electrons. The molecule has 0 atom stereocenters. The minimum Gasteiger partial charge on any atom is -0.497 e. The molecule has 28 heavy (non-hydrogen) atoms. The quantitative estimate of drug-likeness (QED) is 0.610. The number of anilines is 1. The number of carbonyl (C=O) groups excluding carboxylic acids is 2. The Hall–Kier alpha value is -3.46. The van der Waals surface area contributed by atoms with Crippen LogP contribution in [-0.2, 0) is 9.53 Å². The third-order valence-electron chi connectivity index (χ3n) is 3.69. The molecule has 0 radical (unpaired) electrons. The summed E-state index contributed by atoms with van der Waals surface area (Å²) in [5.41, 5.74) is 1.74. The average Bonchev–Trinajstić information content (AvgIpc) is 3.20. The molecule has 1 amide bonds. The van der Waals surface area contributed by atoms with E-state index in [9.17, 15) is 9.59 Å². The molecule has 0 fully saturated rings. The summed E-state index contributed by atoms with van der Waals surface area (Å²) < 4.78 is 15.5. The Morgan fingerprint density at radius 2 is 1.89 bits per heavy atom. The topological polar surface area (TPSA) is 99.6 Å². The first-order valence-corrected chi connectivity index (χ1v) is 9.03. The third kappa shape index (κ3) is 4.63. The molecule has 3 rings (SSSR count). The van der Waals surface area contributed by atoms with Crippen molar-refractivity contribution >= 4 is 28.3 Å². The number of nitrogens with one attached hydrogen (secondary N) is 1. The normalized spacial score (nSPS) is 10.2. The monoisotopic (exact) mass is 399 g/mol. The highest BCUT2D eigenvalue weighted by Gasteiger charge is 2.14. The van der Waals surface area contributed by atoms with Gasteiger partial charge in [-0.15, -0.1) is 11.3 Å². The molecule has 0 aliphatic rings. The number of aromatic nitrogens is 2. The van der Waals surface area contributed by atoms with Crippen LogP contribution in [0.3, 0.4) is 0 Å². The SMILES string of the molecule is COc1ccc(-c2csc(NC(=O)COC(=O)c3ccncc3)n2)c(OC)c1. The molecule has 2 heterocycles. The van der Waals surface area contributed by atoms with Crippen molar-refractivity contribution in [1.29, 1.82) is 0 Å². The summed E-state index contributed by atoms with van der Waals surface area (Å²) in [6.45, 7) is -0.415. The summed E-state index contributed by atoms with van der Waals surface area (Å²) >= 11 is 1.25. The molecule has 0 spiro atoms. The zero-order valence-corrected chi connectivity index (χ0v) is 16.0. The third-order valence-corrected chi connectivity index (χ3v) is 4.44. The lowest BCUT2D eigenvalue weighted by Gasteiger charge is -2.08. The largest absolute Gasteiger partial charge is 0.497 e. The van der Waals surface area contributed by atoms with Crippen LogP contribution in [0.15, 0.2) is 48.1 Å². The van der Waals surface area contributed by atoms with E-state index in [4.69, 9.17) is 14.2 Å². The summed E-state index contributed by atoms with van der Waals surface area (Å²) in [5, 5.41) is 4.79. The summed E-state index contributed by atoms with van der Waals surface area (Å²) in [5.74, 6) is 0.194. The van der Waals surface area contributed by atoms with Crippen molar-refractivity contribution in [2.24, 2.45) is 0 Å². The molecular weight excluding hydrogens is 382 g/mol. The standard InChI is InChI=1S/C19H17N3O5S/c1-25-13-3-4-14(16(9-13)26-2)15-11-28-19(21-15)22-17(23)10-27-18(24)12-5-7-20-8-6-12/h3-9,11H,10H2,1-2H3,(H,21,22,23). The Morgan fingerprint density at radius 3 is 2.61 bits per heavy atom. The second-order valence-electron chi connectivity index (χ2n) is 5.46. The van der Waals surface area contributed by atoms with Crippen molar-refractivity contribution in [2.45, 2.75) is 0 Å². The minimum absolute atomic E-state index is 0.325. The summed E-state index contributed by atoms with van der Waals surface area (Å²) in [4.78, 5) is 32.1. The van der Waals surface area contributed by atoms with Gasteiger partial charge in [0.25, 0.3) is 5.91 Å². The van der Waals surface area contributed by atoms with Gasteiger partial charge in [0.05, 0.1) is 25.5 Å². The van der Waals surface area contributed by atoms with E-state index < -0.39 is 18.5 Å². The Labute approximate surface area is 165 Å². The number of methoxy groups -OCH3 is 2. The Bertz CT molecular complexity index is 975. The molecule has 0 saturated carbocycles. The fraction of sp³-hybridized carbons (Fsp3) is 0.158. The van der Waals surface area contributed by atoms with Gasteiger partial charge in [0, 0.05) is 29.4 Å². The summed E-state index contributed by atoms with van der Waals surface area (Å²) in [7, 11) is 3.14. The second-order valence-corrected chi connectivity index (χ2v) is 6.32. The van der Waals surface area contributed by atoms with Crippen LogP contribution >= 0.6 is 11.3 Å². The van der Waals surface area contributed by atoms with Gasteiger partial charge < -0.3 is 14.2 Å². The van der Waals surface area contributed by atoms with Crippen LogP contribution < -0.4 is 14.8 Å². The van der Waals surface area contributed by atoms with Gasteiger partial charge in [-0.1, -0.05) is 0 Å². The van der Waals surface area contributed by atoms with Gasteiger partial charge in [-0.25, -0.2) is 9.78 Å². The maximum absolute atomic E-state index is 12.0. The van der Waals surface area contributed by atoms with E-state index in [1.165, 1.54) is 35.9 Å². The smallest absolute Gasteiger partial charge is 0.338 e. The van der Waals surface area contributed by atoms with E-state index in [1.54, 1.807) is 31.7 Å². The summed E-state index contributed by atoms with van der Waals surface area (Å²) in [6, 6.07) is 8.40. The van der Waals surface area contributed by atoms with E-state index >= 15 is 0 Å². The molecule has 0 aliphatic heterocycles. The van der Waals surface area contributed by atoms with Crippen molar-refractivity contribution in [3.05, 3.63) is 53.7 Å². The number of carbonyl (C=O) groups is 2. The minimum atomic E-state index is -0.597. The number of benzene rings is 1. The zero-order valence-electron chi connectivity index (χ0n) is 15.2. The van der Waals surface area contributed by atoms with E-state index in [2.05, 4.69) is 15.3 Å². The molecule has 0 aliphatic carbocycles. The van der Waals surface area contributed by atoms with Crippen molar-refractivity contribution in [2.75, 3.05) is 26.1 Å². The molecule has 9 heteroatoms. The predicted molar refractivity (Wildman–Crippen MR) is 104 cm³/mol. The van der Waals surface area contributed by atoms with Crippen LogP contribution in [0.1, 0.15) is 10.4 Å². The molecule has 0 unspecified atom stereocenters. The van der Waals surface area contributed by atoms with E-state index in [-0.39, 0.29) is 0 Å². The molecule has 1 N–H and O–H groups in total. The highest BCUT2D eigenvalue weighted by Crippen LogP contribution is 2.34. The number of ether oxygens (including phenoxy) is 3. The molecule has 0 saturated heterocycles. The highest BCUT2D eigenvalue weighted by atomic mass is 32.1. The van der Waals surface area contributed by atoms with Crippen molar-refractivity contribution in [3.63, 3.8) is 0 Å².